The van der Waals surface area contributed by atoms with Crippen molar-refractivity contribution in [1.29, 1.82) is 0 Å². The lowest BCUT2D eigenvalue weighted by Crippen LogP contribution is -2.20. The first-order chi connectivity index (χ1) is 11.4. The molecule has 0 saturated carbocycles. The van der Waals surface area contributed by atoms with Gasteiger partial charge in [0, 0.05) is 13.2 Å². The maximum atomic E-state index is 12.2. The topological polar surface area (TPSA) is 122 Å². The summed E-state index contributed by atoms with van der Waals surface area (Å²) in [6.07, 6.45) is -1.08. The normalized spacial score (nSPS) is 11.5. The predicted molar refractivity (Wildman–Crippen MR) is 81.6 cm³/mol. The minimum atomic E-state index is -1.08. The van der Waals surface area contributed by atoms with E-state index in [-0.39, 0.29) is 0 Å². The SMILES string of the molecule is CO[C@H](C(=O)Oc1ccc([N+](=O)[O-])cc1[N+](=O)[O-])c1ccccc1. The van der Waals surface area contributed by atoms with E-state index in [0.29, 0.717) is 5.56 Å². The van der Waals surface area contributed by atoms with E-state index in [9.17, 15) is 25.0 Å². The van der Waals surface area contributed by atoms with Crippen molar-refractivity contribution in [2.24, 2.45) is 0 Å². The molecule has 0 unspecified atom stereocenters. The lowest BCUT2D eigenvalue weighted by atomic mass is 10.1. The molecule has 0 radical (unpaired) electrons. The lowest BCUT2D eigenvalue weighted by Gasteiger charge is -2.14. The molecule has 2 aromatic carbocycles. The van der Waals surface area contributed by atoms with Crippen molar-refractivity contribution in [3.63, 3.8) is 0 Å². The third kappa shape index (κ3) is 3.70. The second-order valence-corrected chi connectivity index (χ2v) is 4.61. The summed E-state index contributed by atoms with van der Waals surface area (Å²) in [6.45, 7) is 0. The second kappa shape index (κ2) is 7.29. The van der Waals surface area contributed by atoms with Crippen LogP contribution in [0.5, 0.6) is 5.75 Å². The Balaban J connectivity index is 2.31. The van der Waals surface area contributed by atoms with Gasteiger partial charge < -0.3 is 9.47 Å². The van der Waals surface area contributed by atoms with Crippen LogP contribution in [0.2, 0.25) is 0 Å². The zero-order valence-corrected chi connectivity index (χ0v) is 12.4. The smallest absolute Gasteiger partial charge is 0.345 e. The first kappa shape index (κ1) is 17.0. The molecule has 0 saturated heterocycles. The van der Waals surface area contributed by atoms with Gasteiger partial charge in [-0.1, -0.05) is 30.3 Å². The zero-order chi connectivity index (χ0) is 17.7. The highest BCUT2D eigenvalue weighted by Crippen LogP contribution is 2.32. The number of hydrogen-bond acceptors (Lipinski definition) is 7. The number of rotatable bonds is 6. The molecule has 0 N–H and O–H groups in total. The molecule has 1 atom stereocenters. The number of ether oxygens (including phenoxy) is 2. The zero-order valence-electron chi connectivity index (χ0n) is 12.4. The summed E-state index contributed by atoms with van der Waals surface area (Å²) in [5.74, 6) is -1.27. The van der Waals surface area contributed by atoms with E-state index in [0.717, 1.165) is 18.2 Å². The summed E-state index contributed by atoms with van der Waals surface area (Å²) >= 11 is 0. The van der Waals surface area contributed by atoms with Gasteiger partial charge in [0.15, 0.2) is 6.10 Å². The van der Waals surface area contributed by atoms with E-state index in [1.54, 1.807) is 30.3 Å². The minimum absolute atomic E-state index is 0.395. The molecule has 0 bridgehead atoms. The number of nitro benzene ring substituents is 2. The van der Waals surface area contributed by atoms with E-state index in [1.807, 2.05) is 0 Å². The summed E-state index contributed by atoms with van der Waals surface area (Å²) in [6, 6.07) is 11.2. The number of non-ortho nitro benzene ring substituents is 1. The summed E-state index contributed by atoms with van der Waals surface area (Å²) in [4.78, 5) is 32.3. The highest BCUT2D eigenvalue weighted by Gasteiger charge is 2.27. The van der Waals surface area contributed by atoms with Crippen molar-refractivity contribution in [3.05, 3.63) is 74.3 Å². The third-order valence-electron chi connectivity index (χ3n) is 3.11. The molecule has 0 heterocycles. The van der Waals surface area contributed by atoms with Crippen LogP contribution in [0.1, 0.15) is 11.7 Å². The molecule has 0 spiro atoms. The van der Waals surface area contributed by atoms with Gasteiger partial charge in [0.05, 0.1) is 15.9 Å². The van der Waals surface area contributed by atoms with Gasteiger partial charge in [0.2, 0.25) is 5.75 Å². The number of carbonyl (C=O) groups excluding carboxylic acids is 1. The van der Waals surface area contributed by atoms with Gasteiger partial charge in [-0.25, -0.2) is 4.79 Å². The molecular weight excluding hydrogens is 320 g/mol. The van der Waals surface area contributed by atoms with Gasteiger partial charge in [-0.3, -0.25) is 20.2 Å². The molecule has 0 aliphatic carbocycles. The van der Waals surface area contributed by atoms with Crippen molar-refractivity contribution in [1.82, 2.24) is 0 Å². The van der Waals surface area contributed by atoms with Crippen LogP contribution < -0.4 is 4.74 Å². The van der Waals surface area contributed by atoms with Crippen LogP contribution >= 0.6 is 0 Å². The van der Waals surface area contributed by atoms with Crippen LogP contribution in [0.25, 0.3) is 0 Å². The Kier molecular flexibility index (Phi) is 5.17. The summed E-state index contributed by atoms with van der Waals surface area (Å²) < 4.78 is 10.1. The fraction of sp³-hybridized carbons (Fsp3) is 0.133. The van der Waals surface area contributed by atoms with Crippen LogP contribution in [-0.2, 0) is 9.53 Å². The highest BCUT2D eigenvalue weighted by atomic mass is 16.6. The number of carbonyl (C=O) groups is 1. The average molecular weight is 332 g/mol. The predicted octanol–water partition coefficient (Wildman–Crippen LogP) is 2.80. The maximum Gasteiger partial charge on any atom is 0.345 e. The summed E-state index contributed by atoms with van der Waals surface area (Å²) in [5.41, 5.74) is -0.650. The standard InChI is InChI=1S/C15H12N2O7/c1-23-14(10-5-3-2-4-6-10)15(18)24-13-8-7-11(16(19)20)9-12(13)17(21)22/h2-9,14H,1H3/t14-/m0/s1. The van der Waals surface area contributed by atoms with Crippen molar-refractivity contribution in [2.45, 2.75) is 6.10 Å². The van der Waals surface area contributed by atoms with Gasteiger partial charge in [0.25, 0.3) is 5.69 Å². The largest absolute Gasteiger partial charge is 0.417 e. The van der Waals surface area contributed by atoms with Crippen LogP contribution in [0, 0.1) is 20.2 Å². The Labute approximate surface area is 135 Å². The molecule has 124 valence electrons. The molecule has 0 fully saturated rings. The Morgan fingerprint density at radius 1 is 1.04 bits per heavy atom. The van der Waals surface area contributed by atoms with Crippen molar-refractivity contribution < 1.29 is 24.1 Å². The molecule has 0 amide bonds. The van der Waals surface area contributed by atoms with Crippen molar-refractivity contribution in [2.75, 3.05) is 7.11 Å². The number of methoxy groups -OCH3 is 1. The summed E-state index contributed by atoms with van der Waals surface area (Å²) in [5, 5.41) is 21.8. The van der Waals surface area contributed by atoms with Crippen LogP contribution in [0.4, 0.5) is 11.4 Å². The van der Waals surface area contributed by atoms with E-state index in [4.69, 9.17) is 9.47 Å². The van der Waals surface area contributed by atoms with Crippen LogP contribution in [0.15, 0.2) is 48.5 Å². The number of hydrogen-bond donors (Lipinski definition) is 0. The maximum absolute atomic E-state index is 12.2. The first-order valence-corrected chi connectivity index (χ1v) is 6.66. The molecule has 2 aromatic rings. The number of nitrogens with zero attached hydrogens (tertiary/aromatic N) is 2. The molecule has 9 heteroatoms. The Morgan fingerprint density at radius 3 is 2.25 bits per heavy atom. The average Bonchev–Trinajstić information content (AvgIpc) is 2.56. The van der Waals surface area contributed by atoms with Crippen LogP contribution in [-0.4, -0.2) is 22.9 Å². The van der Waals surface area contributed by atoms with Crippen LogP contribution in [0.3, 0.4) is 0 Å². The van der Waals surface area contributed by atoms with Crippen molar-refractivity contribution in [3.8, 4) is 5.75 Å². The van der Waals surface area contributed by atoms with Crippen molar-refractivity contribution >= 4 is 17.3 Å². The summed E-state index contributed by atoms with van der Waals surface area (Å²) in [7, 11) is 1.29. The number of benzene rings is 2. The quantitative estimate of drug-likeness (QED) is 0.345. The Morgan fingerprint density at radius 2 is 1.71 bits per heavy atom. The monoisotopic (exact) mass is 332 g/mol. The fourth-order valence-corrected chi connectivity index (χ4v) is 2.01. The molecule has 2 rings (SSSR count). The van der Waals surface area contributed by atoms with E-state index >= 15 is 0 Å². The number of nitro groups is 2. The van der Waals surface area contributed by atoms with E-state index in [1.165, 1.54) is 7.11 Å². The van der Waals surface area contributed by atoms with E-state index < -0.39 is 39.0 Å². The second-order valence-electron chi connectivity index (χ2n) is 4.61. The first-order valence-electron chi connectivity index (χ1n) is 6.66. The Bertz CT molecular complexity index is 777. The van der Waals surface area contributed by atoms with Gasteiger partial charge >= 0.3 is 11.7 Å². The molecular formula is C15H12N2O7. The van der Waals surface area contributed by atoms with Gasteiger partial charge in [-0.05, 0) is 11.6 Å². The molecule has 9 nitrogen and oxygen atoms in total. The molecule has 0 aromatic heterocycles. The lowest BCUT2D eigenvalue weighted by molar-refractivity contribution is -0.394. The molecule has 0 aliphatic heterocycles. The highest BCUT2D eigenvalue weighted by molar-refractivity contribution is 5.80. The molecule has 0 aliphatic rings. The Hall–Kier alpha value is -3.33. The fourth-order valence-electron chi connectivity index (χ4n) is 2.01. The van der Waals surface area contributed by atoms with E-state index in [2.05, 4.69) is 0 Å². The molecule has 24 heavy (non-hydrogen) atoms. The van der Waals surface area contributed by atoms with Gasteiger partial charge in [0.1, 0.15) is 0 Å². The third-order valence-corrected chi connectivity index (χ3v) is 3.11. The number of esters is 1. The van der Waals surface area contributed by atoms with Gasteiger partial charge in [-0.2, -0.15) is 0 Å². The minimum Gasteiger partial charge on any atom is -0.417 e. The van der Waals surface area contributed by atoms with Gasteiger partial charge in [-0.15, -0.1) is 0 Å².